The van der Waals surface area contributed by atoms with Gasteiger partial charge in [-0.1, -0.05) is 12.2 Å². The number of hydrogen-bond acceptors (Lipinski definition) is 1. The van der Waals surface area contributed by atoms with Gasteiger partial charge in [-0.25, -0.2) is 0 Å². The van der Waals surface area contributed by atoms with Crippen molar-refractivity contribution in [1.82, 2.24) is 0 Å². The van der Waals surface area contributed by atoms with Gasteiger partial charge in [0, 0.05) is 0 Å². The summed E-state index contributed by atoms with van der Waals surface area (Å²) in [5.74, 6) is 2.77. The van der Waals surface area contributed by atoms with Gasteiger partial charge in [-0.2, -0.15) is 0 Å². The number of hydrogen-bond donors (Lipinski definition) is 0. The van der Waals surface area contributed by atoms with Crippen LogP contribution in [-0.4, -0.2) is 12.7 Å². The quantitative estimate of drug-likeness (QED) is 0.476. The summed E-state index contributed by atoms with van der Waals surface area (Å²) in [6.45, 7) is 8.55. The zero-order chi connectivity index (χ0) is 13.5. The fourth-order valence-electron chi connectivity index (χ4n) is 3.90. The van der Waals surface area contributed by atoms with Crippen LogP contribution in [0.4, 0.5) is 0 Å². The van der Waals surface area contributed by atoms with Crippen molar-refractivity contribution in [3.05, 3.63) is 25.3 Å². The largest absolute Gasteiger partial charge is 0.378 e. The maximum absolute atomic E-state index is 5.91. The van der Waals surface area contributed by atoms with Crippen molar-refractivity contribution in [2.45, 2.75) is 63.9 Å². The maximum Gasteiger partial charge on any atom is 0.0575 e. The molecule has 0 amide bonds. The first-order valence-electron chi connectivity index (χ1n) is 8.18. The molecular formula is C18H30O. The van der Waals surface area contributed by atoms with Crippen LogP contribution in [0, 0.1) is 17.8 Å². The van der Waals surface area contributed by atoms with Gasteiger partial charge in [-0.15, -0.1) is 13.2 Å². The van der Waals surface area contributed by atoms with Crippen LogP contribution >= 0.6 is 0 Å². The third kappa shape index (κ3) is 4.49. The molecule has 0 saturated heterocycles. The average molecular weight is 262 g/mol. The Morgan fingerprint density at radius 2 is 1.42 bits per heavy atom. The van der Waals surface area contributed by atoms with Crippen molar-refractivity contribution >= 4 is 0 Å². The lowest BCUT2D eigenvalue weighted by molar-refractivity contribution is 0.00985. The van der Waals surface area contributed by atoms with Crippen LogP contribution in [0.3, 0.4) is 0 Å². The summed E-state index contributed by atoms with van der Waals surface area (Å²) in [7, 11) is 0. The molecular weight excluding hydrogens is 232 g/mol. The smallest absolute Gasteiger partial charge is 0.0575 e. The molecule has 2 aliphatic rings. The lowest BCUT2D eigenvalue weighted by atomic mass is 9.70. The molecule has 0 bridgehead atoms. The molecule has 0 radical (unpaired) electrons. The minimum Gasteiger partial charge on any atom is -0.378 e. The molecule has 0 aromatic heterocycles. The fraction of sp³-hybridized carbons (Fsp3) is 0.778. The van der Waals surface area contributed by atoms with Crippen LogP contribution in [0.15, 0.2) is 25.3 Å². The second kappa shape index (κ2) is 7.89. The second-order valence-electron chi connectivity index (χ2n) is 6.40. The van der Waals surface area contributed by atoms with Gasteiger partial charge in [0.2, 0.25) is 0 Å². The van der Waals surface area contributed by atoms with E-state index in [1.54, 1.807) is 0 Å². The highest BCUT2D eigenvalue weighted by molar-refractivity contribution is 4.87. The Bertz CT molecular complexity index is 267. The topological polar surface area (TPSA) is 9.23 Å². The lowest BCUT2D eigenvalue weighted by Crippen LogP contribution is -2.28. The molecule has 0 N–H and O–H groups in total. The minimum absolute atomic E-state index is 0.528. The van der Waals surface area contributed by atoms with Crippen molar-refractivity contribution < 1.29 is 4.74 Å². The molecule has 0 aromatic rings. The Hall–Kier alpha value is -0.560. The van der Waals surface area contributed by atoms with Crippen LogP contribution in [-0.2, 0) is 4.74 Å². The zero-order valence-electron chi connectivity index (χ0n) is 12.4. The van der Waals surface area contributed by atoms with Crippen molar-refractivity contribution in [2.75, 3.05) is 6.61 Å². The molecule has 0 heterocycles. The van der Waals surface area contributed by atoms with E-state index in [4.69, 9.17) is 4.74 Å². The van der Waals surface area contributed by atoms with Crippen LogP contribution in [0.1, 0.15) is 57.8 Å². The van der Waals surface area contributed by atoms with Crippen LogP contribution in [0.25, 0.3) is 0 Å². The summed E-state index contributed by atoms with van der Waals surface area (Å²) in [5.41, 5.74) is 0. The van der Waals surface area contributed by atoms with Gasteiger partial charge in [0.15, 0.2) is 0 Å². The first-order chi connectivity index (χ1) is 9.33. The van der Waals surface area contributed by atoms with E-state index >= 15 is 0 Å². The number of allylic oxidation sites excluding steroid dienone is 1. The summed E-state index contributed by atoms with van der Waals surface area (Å²) < 4.78 is 5.91. The van der Waals surface area contributed by atoms with Crippen LogP contribution < -0.4 is 0 Å². The highest BCUT2D eigenvalue weighted by Gasteiger charge is 2.30. The monoisotopic (exact) mass is 262 g/mol. The molecule has 1 heteroatoms. The van der Waals surface area contributed by atoms with Gasteiger partial charge in [0.05, 0.1) is 12.7 Å². The first kappa shape index (κ1) is 14.8. The second-order valence-corrected chi connectivity index (χ2v) is 6.40. The number of ether oxygens (including phenoxy) is 1. The lowest BCUT2D eigenvalue weighted by Gasteiger charge is -2.37. The normalized spacial score (nSPS) is 35.8. The Labute approximate surface area is 119 Å². The van der Waals surface area contributed by atoms with E-state index in [0.29, 0.717) is 6.10 Å². The molecule has 19 heavy (non-hydrogen) atoms. The molecule has 0 unspecified atom stereocenters. The predicted octanol–water partition coefficient (Wildman–Crippen LogP) is 5.13. The molecule has 0 aromatic carbocycles. The van der Waals surface area contributed by atoms with E-state index in [1.165, 1.54) is 51.4 Å². The molecule has 0 atom stereocenters. The summed E-state index contributed by atoms with van der Waals surface area (Å²) in [5, 5.41) is 0. The van der Waals surface area contributed by atoms with E-state index in [1.807, 2.05) is 6.08 Å². The molecule has 108 valence electrons. The summed E-state index contributed by atoms with van der Waals surface area (Å²) in [6, 6.07) is 0. The Balaban J connectivity index is 1.66. The highest BCUT2D eigenvalue weighted by Crippen LogP contribution is 2.40. The molecule has 2 rings (SSSR count). The van der Waals surface area contributed by atoms with Crippen molar-refractivity contribution in [1.29, 1.82) is 0 Å². The van der Waals surface area contributed by atoms with E-state index in [-0.39, 0.29) is 0 Å². The molecule has 0 spiro atoms. The van der Waals surface area contributed by atoms with Gasteiger partial charge in [0.25, 0.3) is 0 Å². The molecule has 2 aliphatic carbocycles. The summed E-state index contributed by atoms with van der Waals surface area (Å²) in [4.78, 5) is 0. The molecule has 2 saturated carbocycles. The van der Waals surface area contributed by atoms with Gasteiger partial charge in [0.1, 0.15) is 0 Å². The van der Waals surface area contributed by atoms with Crippen LogP contribution in [0.5, 0.6) is 0 Å². The predicted molar refractivity (Wildman–Crippen MR) is 82.2 cm³/mol. The Morgan fingerprint density at radius 3 is 1.95 bits per heavy atom. The maximum atomic E-state index is 5.91. The first-order valence-corrected chi connectivity index (χ1v) is 8.18. The molecule has 1 nitrogen and oxygen atoms in total. The van der Waals surface area contributed by atoms with Crippen molar-refractivity contribution in [2.24, 2.45) is 17.8 Å². The van der Waals surface area contributed by atoms with E-state index in [0.717, 1.165) is 30.8 Å². The zero-order valence-corrected chi connectivity index (χ0v) is 12.4. The average Bonchev–Trinajstić information content (AvgIpc) is 2.48. The van der Waals surface area contributed by atoms with E-state index in [2.05, 4.69) is 19.2 Å². The van der Waals surface area contributed by atoms with E-state index in [9.17, 15) is 0 Å². The highest BCUT2D eigenvalue weighted by atomic mass is 16.5. The van der Waals surface area contributed by atoms with Gasteiger partial charge >= 0.3 is 0 Å². The fourth-order valence-corrected chi connectivity index (χ4v) is 3.90. The van der Waals surface area contributed by atoms with Crippen molar-refractivity contribution in [3.8, 4) is 0 Å². The SMILES string of the molecule is C=CCCOC1CCC([C@H]2CC[C@H](C=C)CC2)CC1. The third-order valence-electron chi connectivity index (χ3n) is 5.21. The molecule has 0 aliphatic heterocycles. The van der Waals surface area contributed by atoms with Gasteiger partial charge < -0.3 is 4.74 Å². The number of rotatable bonds is 6. The van der Waals surface area contributed by atoms with Crippen LogP contribution in [0.2, 0.25) is 0 Å². The Kier molecular flexibility index (Phi) is 6.16. The summed E-state index contributed by atoms with van der Waals surface area (Å²) >= 11 is 0. The van der Waals surface area contributed by atoms with Crippen molar-refractivity contribution in [3.63, 3.8) is 0 Å². The standard InChI is InChI=1S/C18H30O/c1-3-5-14-19-18-12-10-17(11-13-18)16-8-6-15(4-2)7-9-16/h3-4,15-18H,1-2,5-14H2/t15-,16-,17?,18?. The van der Waals surface area contributed by atoms with Gasteiger partial charge in [-0.05, 0) is 75.5 Å². The summed E-state index contributed by atoms with van der Waals surface area (Å²) in [6.07, 6.45) is 16.6. The Morgan fingerprint density at radius 1 is 0.842 bits per heavy atom. The molecule has 2 fully saturated rings. The van der Waals surface area contributed by atoms with Gasteiger partial charge in [-0.3, -0.25) is 0 Å². The third-order valence-corrected chi connectivity index (χ3v) is 5.21. The minimum atomic E-state index is 0.528. The van der Waals surface area contributed by atoms with E-state index < -0.39 is 0 Å².